The normalized spacial score (nSPS) is 26.7. The van der Waals surface area contributed by atoms with Gasteiger partial charge in [-0.3, -0.25) is 9.59 Å². The van der Waals surface area contributed by atoms with Crippen LogP contribution in [0.25, 0.3) is 0 Å². The van der Waals surface area contributed by atoms with Crippen molar-refractivity contribution in [1.29, 1.82) is 0 Å². The van der Waals surface area contributed by atoms with Crippen LogP contribution in [0.4, 0.5) is 0 Å². The van der Waals surface area contributed by atoms with Gasteiger partial charge in [-0.05, 0) is 11.8 Å². The van der Waals surface area contributed by atoms with Crippen LogP contribution in [-0.4, -0.2) is 11.6 Å². The van der Waals surface area contributed by atoms with Gasteiger partial charge in [0.05, 0.1) is 0 Å². The molecule has 3 heteroatoms. The van der Waals surface area contributed by atoms with Gasteiger partial charge >= 0.3 is 0 Å². The lowest BCUT2D eigenvalue weighted by atomic mass is 9.75. The summed E-state index contributed by atoms with van der Waals surface area (Å²) < 4.78 is 0. The van der Waals surface area contributed by atoms with Crippen molar-refractivity contribution in [3.05, 3.63) is 36.1 Å². The molecule has 72 valence electrons. The lowest BCUT2D eigenvalue weighted by Crippen LogP contribution is -2.33. The van der Waals surface area contributed by atoms with Crippen molar-refractivity contribution >= 4 is 11.6 Å². The molecule has 0 atom stereocenters. The molecule has 3 nitrogen and oxygen atoms in total. The maximum absolute atomic E-state index is 11.7. The second kappa shape index (κ2) is 2.94. The second-order valence-corrected chi connectivity index (χ2v) is 3.49. The van der Waals surface area contributed by atoms with Gasteiger partial charge in [0.25, 0.3) is 0 Å². The fraction of sp³-hybridized carbons (Fsp3) is 0.273. The van der Waals surface area contributed by atoms with Crippen LogP contribution in [0.5, 0.6) is 0 Å². The van der Waals surface area contributed by atoms with Gasteiger partial charge in [-0.25, -0.2) is 0 Å². The SMILES string of the molecule is N/C=C1\C=CC=CC12C(=O)CCC2=O. The summed E-state index contributed by atoms with van der Waals surface area (Å²) in [5, 5.41) is 0. The Bertz CT molecular complexity index is 372. The largest absolute Gasteiger partial charge is 0.404 e. The zero-order valence-electron chi connectivity index (χ0n) is 7.69. The average Bonchev–Trinajstić information content (AvgIpc) is 2.48. The van der Waals surface area contributed by atoms with E-state index >= 15 is 0 Å². The lowest BCUT2D eigenvalue weighted by molar-refractivity contribution is -0.129. The Labute approximate surface area is 82.0 Å². The van der Waals surface area contributed by atoms with Gasteiger partial charge in [0, 0.05) is 12.8 Å². The summed E-state index contributed by atoms with van der Waals surface area (Å²) in [4.78, 5) is 23.5. The Morgan fingerprint density at radius 3 is 2.43 bits per heavy atom. The number of allylic oxidation sites excluding steroid dienone is 5. The van der Waals surface area contributed by atoms with Crippen LogP contribution in [0.1, 0.15) is 12.8 Å². The Morgan fingerprint density at radius 2 is 1.86 bits per heavy atom. The van der Waals surface area contributed by atoms with Crippen LogP contribution < -0.4 is 5.73 Å². The van der Waals surface area contributed by atoms with Crippen LogP contribution in [0.3, 0.4) is 0 Å². The summed E-state index contributed by atoms with van der Waals surface area (Å²) in [5.41, 5.74) is 4.98. The molecular weight excluding hydrogens is 178 g/mol. The predicted molar refractivity (Wildman–Crippen MR) is 52.2 cm³/mol. The number of carbonyl (C=O) groups excluding carboxylic acids is 2. The van der Waals surface area contributed by atoms with Gasteiger partial charge in [-0.2, -0.15) is 0 Å². The Balaban J connectivity index is 2.58. The highest BCUT2D eigenvalue weighted by Gasteiger charge is 2.49. The van der Waals surface area contributed by atoms with Gasteiger partial charge in [0.15, 0.2) is 11.6 Å². The minimum atomic E-state index is -1.05. The van der Waals surface area contributed by atoms with Gasteiger partial charge in [-0.15, -0.1) is 0 Å². The first-order chi connectivity index (χ1) is 6.71. The van der Waals surface area contributed by atoms with Crippen molar-refractivity contribution in [2.24, 2.45) is 11.1 Å². The first kappa shape index (κ1) is 8.94. The predicted octanol–water partition coefficient (Wildman–Crippen LogP) is 0.873. The van der Waals surface area contributed by atoms with E-state index in [0.29, 0.717) is 18.4 Å². The number of ketones is 2. The van der Waals surface area contributed by atoms with E-state index in [4.69, 9.17) is 5.73 Å². The summed E-state index contributed by atoms with van der Waals surface area (Å²) >= 11 is 0. The van der Waals surface area contributed by atoms with Crippen LogP contribution in [0.15, 0.2) is 36.1 Å². The van der Waals surface area contributed by atoms with E-state index in [1.54, 1.807) is 24.3 Å². The lowest BCUT2D eigenvalue weighted by Gasteiger charge is -2.24. The van der Waals surface area contributed by atoms with Crippen molar-refractivity contribution in [3.8, 4) is 0 Å². The van der Waals surface area contributed by atoms with E-state index in [-0.39, 0.29) is 11.6 Å². The van der Waals surface area contributed by atoms with E-state index < -0.39 is 5.41 Å². The molecule has 0 bridgehead atoms. The zero-order chi connectivity index (χ0) is 10.2. The molecule has 14 heavy (non-hydrogen) atoms. The highest BCUT2D eigenvalue weighted by molar-refractivity contribution is 6.18. The third kappa shape index (κ3) is 0.923. The zero-order valence-corrected chi connectivity index (χ0v) is 7.69. The van der Waals surface area contributed by atoms with Crippen molar-refractivity contribution in [2.75, 3.05) is 0 Å². The molecule has 0 aromatic carbocycles. The number of carbonyl (C=O) groups is 2. The van der Waals surface area contributed by atoms with Crippen LogP contribution in [0, 0.1) is 5.41 Å². The minimum Gasteiger partial charge on any atom is -0.404 e. The number of Topliss-reactive ketones (excluding diaryl/α,β-unsaturated/α-hetero) is 2. The second-order valence-electron chi connectivity index (χ2n) is 3.49. The van der Waals surface area contributed by atoms with Crippen molar-refractivity contribution in [1.82, 2.24) is 0 Å². The van der Waals surface area contributed by atoms with Crippen LogP contribution >= 0.6 is 0 Å². The number of hydrogen-bond acceptors (Lipinski definition) is 3. The molecule has 0 unspecified atom stereocenters. The number of rotatable bonds is 0. The van der Waals surface area contributed by atoms with Crippen molar-refractivity contribution in [3.63, 3.8) is 0 Å². The van der Waals surface area contributed by atoms with Gasteiger partial charge in [-0.1, -0.05) is 24.3 Å². The number of nitrogens with two attached hydrogens (primary N) is 1. The van der Waals surface area contributed by atoms with Gasteiger partial charge in [0.1, 0.15) is 5.41 Å². The summed E-state index contributed by atoms with van der Waals surface area (Å²) in [7, 11) is 0. The molecule has 1 saturated carbocycles. The molecule has 0 aliphatic heterocycles. The maximum Gasteiger partial charge on any atom is 0.155 e. The van der Waals surface area contributed by atoms with E-state index in [0.717, 1.165) is 0 Å². The summed E-state index contributed by atoms with van der Waals surface area (Å²) in [6.07, 6.45) is 8.89. The molecular formula is C11H11NO2. The first-order valence-corrected chi connectivity index (χ1v) is 4.56. The first-order valence-electron chi connectivity index (χ1n) is 4.56. The molecule has 2 N–H and O–H groups in total. The Hall–Kier alpha value is -1.64. The quantitative estimate of drug-likeness (QED) is 0.575. The molecule has 2 aliphatic carbocycles. The van der Waals surface area contributed by atoms with E-state index in [2.05, 4.69) is 0 Å². The van der Waals surface area contributed by atoms with E-state index in [1.807, 2.05) is 0 Å². The monoisotopic (exact) mass is 189 g/mol. The fourth-order valence-corrected chi connectivity index (χ4v) is 2.06. The Morgan fingerprint density at radius 1 is 1.21 bits per heavy atom. The molecule has 0 aromatic heterocycles. The Kier molecular flexibility index (Phi) is 1.88. The minimum absolute atomic E-state index is 0.0419. The average molecular weight is 189 g/mol. The summed E-state index contributed by atoms with van der Waals surface area (Å²) in [6.45, 7) is 0. The van der Waals surface area contributed by atoms with Gasteiger partial charge < -0.3 is 5.73 Å². The highest BCUT2D eigenvalue weighted by atomic mass is 16.2. The highest BCUT2D eigenvalue weighted by Crippen LogP contribution is 2.41. The number of hydrogen-bond donors (Lipinski definition) is 1. The standard InChI is InChI=1S/C11H11NO2/c12-7-8-3-1-2-6-11(8)9(13)4-5-10(11)14/h1-3,6-7H,4-5,12H2/b8-7+. The third-order valence-corrected chi connectivity index (χ3v) is 2.83. The molecule has 2 aliphatic rings. The topological polar surface area (TPSA) is 60.2 Å². The third-order valence-electron chi connectivity index (χ3n) is 2.83. The molecule has 1 fully saturated rings. The molecule has 0 radical (unpaired) electrons. The molecule has 2 rings (SSSR count). The molecule has 0 aromatic rings. The smallest absolute Gasteiger partial charge is 0.155 e. The van der Waals surface area contributed by atoms with Gasteiger partial charge in [0.2, 0.25) is 0 Å². The molecule has 0 saturated heterocycles. The van der Waals surface area contributed by atoms with Crippen LogP contribution in [0.2, 0.25) is 0 Å². The van der Waals surface area contributed by atoms with E-state index in [1.165, 1.54) is 6.20 Å². The summed E-state index contributed by atoms with van der Waals surface area (Å²) in [6, 6.07) is 0. The van der Waals surface area contributed by atoms with Crippen molar-refractivity contribution in [2.45, 2.75) is 12.8 Å². The van der Waals surface area contributed by atoms with Crippen molar-refractivity contribution < 1.29 is 9.59 Å². The molecule has 1 spiro atoms. The van der Waals surface area contributed by atoms with E-state index in [9.17, 15) is 9.59 Å². The summed E-state index contributed by atoms with van der Waals surface area (Å²) in [5.74, 6) is -0.0837. The maximum atomic E-state index is 11.7. The fourth-order valence-electron chi connectivity index (χ4n) is 2.06. The molecule has 0 heterocycles. The van der Waals surface area contributed by atoms with Crippen LogP contribution in [-0.2, 0) is 9.59 Å². The molecule has 0 amide bonds.